The Morgan fingerprint density at radius 2 is 1.54 bits per heavy atom. The number of hydrogen-bond donors (Lipinski definition) is 9. The highest BCUT2D eigenvalue weighted by molar-refractivity contribution is 7.80. The van der Waals surface area contributed by atoms with E-state index in [1.807, 2.05) is 24.3 Å². The predicted molar refractivity (Wildman–Crippen MR) is 147 cm³/mol. The van der Waals surface area contributed by atoms with Crippen LogP contribution in [0.25, 0.3) is 10.9 Å². The number of aromatic nitrogens is 1. The number of unbranched alkanes of at least 4 members (excludes halogenated alkanes) is 1. The van der Waals surface area contributed by atoms with Crippen molar-refractivity contribution in [3.8, 4) is 0 Å². The Bertz CT molecular complexity index is 1160. The summed E-state index contributed by atoms with van der Waals surface area (Å²) in [5.74, 6) is -4.66. The van der Waals surface area contributed by atoms with Crippen molar-refractivity contribution in [1.82, 2.24) is 20.9 Å². The molecular formula is C25H36N6O7S. The van der Waals surface area contributed by atoms with E-state index in [0.717, 1.165) is 16.5 Å². The van der Waals surface area contributed by atoms with Crippen LogP contribution in [0.1, 0.15) is 37.7 Å². The maximum Gasteiger partial charge on any atom is 0.327 e. The quantitative estimate of drug-likeness (QED) is 0.0889. The fourth-order valence-electron chi connectivity index (χ4n) is 3.91. The highest BCUT2D eigenvalue weighted by atomic mass is 32.1. The second-order valence-electron chi connectivity index (χ2n) is 9.09. The Labute approximate surface area is 230 Å². The zero-order valence-electron chi connectivity index (χ0n) is 21.4. The van der Waals surface area contributed by atoms with E-state index in [1.54, 1.807) is 6.20 Å². The van der Waals surface area contributed by atoms with Gasteiger partial charge >= 0.3 is 11.9 Å². The number of nitrogens with one attached hydrogen (secondary N) is 4. The highest BCUT2D eigenvalue weighted by Gasteiger charge is 2.30. The maximum absolute atomic E-state index is 13.5. The molecule has 0 saturated heterocycles. The lowest BCUT2D eigenvalue weighted by Crippen LogP contribution is -2.57. The lowest BCUT2D eigenvalue weighted by atomic mass is 10.0. The Balaban J connectivity index is 2.28. The van der Waals surface area contributed by atoms with E-state index >= 15 is 0 Å². The maximum atomic E-state index is 13.5. The van der Waals surface area contributed by atoms with Gasteiger partial charge < -0.3 is 42.6 Å². The molecule has 214 valence electrons. The van der Waals surface area contributed by atoms with E-state index in [1.165, 1.54) is 0 Å². The van der Waals surface area contributed by atoms with Crippen molar-refractivity contribution in [2.45, 2.75) is 62.7 Å². The summed E-state index contributed by atoms with van der Waals surface area (Å²) in [4.78, 5) is 64.5. The number of rotatable bonds is 17. The molecule has 4 unspecified atom stereocenters. The Hall–Kier alpha value is -3.62. The number of carbonyl (C=O) groups is 5. The molecule has 1 aromatic heterocycles. The van der Waals surface area contributed by atoms with Crippen LogP contribution in [0.3, 0.4) is 0 Å². The number of fused-ring (bicyclic) bond motifs is 1. The third kappa shape index (κ3) is 9.89. The summed E-state index contributed by atoms with van der Waals surface area (Å²) in [5.41, 5.74) is 12.9. The molecule has 39 heavy (non-hydrogen) atoms. The van der Waals surface area contributed by atoms with Crippen molar-refractivity contribution < 1.29 is 34.2 Å². The Morgan fingerprint density at radius 1 is 0.897 bits per heavy atom. The first-order valence-corrected chi connectivity index (χ1v) is 13.2. The first kappa shape index (κ1) is 31.6. The molecule has 13 nitrogen and oxygen atoms in total. The molecule has 0 fully saturated rings. The van der Waals surface area contributed by atoms with Crippen LogP contribution < -0.4 is 27.4 Å². The molecule has 14 heteroatoms. The van der Waals surface area contributed by atoms with E-state index in [2.05, 4.69) is 33.6 Å². The smallest absolute Gasteiger partial charge is 0.327 e. The van der Waals surface area contributed by atoms with Gasteiger partial charge in [0.05, 0.1) is 6.04 Å². The topological polar surface area (TPSA) is 230 Å². The van der Waals surface area contributed by atoms with Gasteiger partial charge in [-0.2, -0.15) is 12.6 Å². The number of thiol groups is 1. The van der Waals surface area contributed by atoms with Gasteiger partial charge in [-0.3, -0.25) is 19.2 Å². The largest absolute Gasteiger partial charge is 0.481 e. The Morgan fingerprint density at radius 3 is 2.18 bits per heavy atom. The normalized spacial score (nSPS) is 14.1. The molecule has 2 aromatic rings. The molecule has 1 heterocycles. The number of amides is 3. The summed E-state index contributed by atoms with van der Waals surface area (Å²) in [6, 6.07) is 2.67. The zero-order valence-corrected chi connectivity index (χ0v) is 22.3. The molecule has 0 radical (unpaired) electrons. The van der Waals surface area contributed by atoms with Gasteiger partial charge in [0.25, 0.3) is 0 Å². The van der Waals surface area contributed by atoms with E-state index in [0.29, 0.717) is 19.4 Å². The van der Waals surface area contributed by atoms with Crippen molar-refractivity contribution in [2.24, 2.45) is 11.5 Å². The average molecular weight is 565 g/mol. The molecule has 2 rings (SSSR count). The van der Waals surface area contributed by atoms with Crippen molar-refractivity contribution >= 4 is 53.2 Å². The third-order valence-corrected chi connectivity index (χ3v) is 6.48. The lowest BCUT2D eigenvalue weighted by Gasteiger charge is -2.25. The highest BCUT2D eigenvalue weighted by Crippen LogP contribution is 2.19. The standard InChI is InChI=1S/C25H36N6O7S/c26-10-4-3-7-18(23(35)31-20(13-39)25(37)38)29-24(36)19(30-22(34)16(27)8-9-21(32)33)11-14-12-28-17-6-2-1-5-15(14)17/h1-2,5-6,12,16,18-20,28,39H,3-4,7-11,13,26-27H2,(H,29,36)(H,30,34)(H,31,35)(H,32,33)(H,37,38). The molecule has 10 N–H and O–H groups in total. The van der Waals surface area contributed by atoms with Crippen LogP contribution in [0.4, 0.5) is 0 Å². The van der Waals surface area contributed by atoms with Crippen LogP contribution in [0.15, 0.2) is 30.5 Å². The van der Waals surface area contributed by atoms with Crippen LogP contribution in [-0.4, -0.2) is 81.3 Å². The molecule has 0 spiro atoms. The first-order valence-electron chi connectivity index (χ1n) is 12.5. The summed E-state index contributed by atoms with van der Waals surface area (Å²) in [5, 5.41) is 26.6. The minimum Gasteiger partial charge on any atom is -0.481 e. The molecular weight excluding hydrogens is 528 g/mol. The molecule has 0 bridgehead atoms. The van der Waals surface area contributed by atoms with Gasteiger partial charge in [-0.1, -0.05) is 18.2 Å². The minimum atomic E-state index is -1.27. The van der Waals surface area contributed by atoms with Crippen molar-refractivity contribution in [3.63, 3.8) is 0 Å². The van der Waals surface area contributed by atoms with Gasteiger partial charge in [0.15, 0.2) is 0 Å². The number of aromatic amines is 1. The molecule has 0 aliphatic heterocycles. The van der Waals surface area contributed by atoms with Crippen LogP contribution in [0, 0.1) is 0 Å². The number of benzene rings is 1. The van der Waals surface area contributed by atoms with Gasteiger partial charge in [-0.15, -0.1) is 0 Å². The number of para-hydroxylation sites is 1. The van der Waals surface area contributed by atoms with Crippen LogP contribution in [0.5, 0.6) is 0 Å². The summed E-state index contributed by atoms with van der Waals surface area (Å²) in [6.45, 7) is 0.365. The van der Waals surface area contributed by atoms with Crippen LogP contribution in [0.2, 0.25) is 0 Å². The Kier molecular flexibility index (Phi) is 12.7. The third-order valence-electron chi connectivity index (χ3n) is 6.11. The van der Waals surface area contributed by atoms with Gasteiger partial charge in [0.1, 0.15) is 18.1 Å². The summed E-state index contributed by atoms with van der Waals surface area (Å²) in [7, 11) is 0. The molecule has 3 amide bonds. The minimum absolute atomic E-state index is 0.0404. The van der Waals surface area contributed by atoms with Gasteiger partial charge in [0, 0.05) is 35.7 Å². The molecule has 0 aliphatic carbocycles. The zero-order chi connectivity index (χ0) is 28.9. The summed E-state index contributed by atoms with van der Waals surface area (Å²) >= 11 is 3.95. The van der Waals surface area contributed by atoms with Crippen molar-refractivity contribution in [2.75, 3.05) is 12.3 Å². The number of carbonyl (C=O) groups excluding carboxylic acids is 3. The number of carboxylic acids is 2. The predicted octanol–water partition coefficient (Wildman–Crippen LogP) is -0.500. The number of aliphatic carboxylic acids is 2. The van der Waals surface area contributed by atoms with Gasteiger partial charge in [-0.25, -0.2) is 4.79 Å². The number of hydrogen-bond acceptors (Lipinski definition) is 8. The summed E-state index contributed by atoms with van der Waals surface area (Å²) in [6.07, 6.45) is 2.52. The van der Waals surface area contributed by atoms with E-state index < -0.39 is 53.8 Å². The fraction of sp³-hybridized carbons (Fsp3) is 0.480. The monoisotopic (exact) mass is 564 g/mol. The van der Waals surface area contributed by atoms with Crippen LogP contribution in [-0.2, 0) is 30.4 Å². The van der Waals surface area contributed by atoms with Crippen LogP contribution >= 0.6 is 12.6 Å². The second-order valence-corrected chi connectivity index (χ2v) is 9.46. The van der Waals surface area contributed by atoms with E-state index in [4.69, 9.17) is 16.6 Å². The SMILES string of the molecule is NCCCCC(NC(=O)C(Cc1c[nH]c2ccccc12)NC(=O)C(N)CCC(=O)O)C(=O)NC(CS)C(=O)O. The molecule has 0 aliphatic rings. The lowest BCUT2D eigenvalue weighted by molar-refractivity contribution is -0.141. The average Bonchev–Trinajstić information content (AvgIpc) is 3.31. The molecule has 4 atom stereocenters. The number of carboxylic acid groups (broad SMARTS) is 2. The number of H-pyrrole nitrogens is 1. The van der Waals surface area contributed by atoms with Gasteiger partial charge in [0.2, 0.25) is 17.7 Å². The number of nitrogens with two attached hydrogens (primary N) is 2. The summed E-state index contributed by atoms with van der Waals surface area (Å²) < 4.78 is 0. The van der Waals surface area contributed by atoms with E-state index in [9.17, 15) is 29.1 Å². The second kappa shape index (κ2) is 15.7. The van der Waals surface area contributed by atoms with E-state index in [-0.39, 0.29) is 31.4 Å². The van der Waals surface area contributed by atoms with Crippen molar-refractivity contribution in [3.05, 3.63) is 36.0 Å². The van der Waals surface area contributed by atoms with Gasteiger partial charge in [-0.05, 0) is 43.9 Å². The molecule has 1 aromatic carbocycles. The first-order chi connectivity index (χ1) is 18.6. The van der Waals surface area contributed by atoms with Crippen molar-refractivity contribution in [1.29, 1.82) is 0 Å². The fourth-order valence-corrected chi connectivity index (χ4v) is 4.16. The molecule has 0 saturated carbocycles.